The van der Waals surface area contributed by atoms with Crippen LogP contribution >= 0.6 is 0 Å². The average molecular weight is 324 g/mol. The van der Waals surface area contributed by atoms with Crippen molar-refractivity contribution in [1.29, 1.82) is 0 Å². The van der Waals surface area contributed by atoms with E-state index < -0.39 is 0 Å². The van der Waals surface area contributed by atoms with Crippen LogP contribution in [0.1, 0.15) is 36.7 Å². The average Bonchev–Trinajstić information content (AvgIpc) is 2.60. The quantitative estimate of drug-likeness (QED) is 0.875. The zero-order valence-electron chi connectivity index (χ0n) is 14.5. The number of hydrogen-bond acceptors (Lipinski definition) is 2. The monoisotopic (exact) mass is 324 g/mol. The summed E-state index contributed by atoms with van der Waals surface area (Å²) in [5.41, 5.74) is 2.32. The lowest BCUT2D eigenvalue weighted by atomic mass is 10.1. The second-order valence-corrected chi connectivity index (χ2v) is 6.03. The number of amides is 2. The van der Waals surface area contributed by atoms with Crippen LogP contribution in [0.5, 0.6) is 0 Å². The zero-order chi connectivity index (χ0) is 17.5. The zero-order valence-corrected chi connectivity index (χ0v) is 14.5. The van der Waals surface area contributed by atoms with Gasteiger partial charge < -0.3 is 10.2 Å². The molecule has 0 spiro atoms. The number of benzene rings is 2. The first kappa shape index (κ1) is 17.7. The van der Waals surface area contributed by atoms with Gasteiger partial charge in [0.05, 0.1) is 0 Å². The van der Waals surface area contributed by atoms with E-state index in [4.69, 9.17) is 0 Å². The molecule has 4 nitrogen and oxygen atoms in total. The van der Waals surface area contributed by atoms with Gasteiger partial charge in [-0.25, -0.2) is 0 Å². The third kappa shape index (κ3) is 4.69. The van der Waals surface area contributed by atoms with Crippen LogP contribution in [0.25, 0.3) is 0 Å². The van der Waals surface area contributed by atoms with Gasteiger partial charge in [0.1, 0.15) is 0 Å². The van der Waals surface area contributed by atoms with E-state index in [9.17, 15) is 9.59 Å². The van der Waals surface area contributed by atoms with E-state index >= 15 is 0 Å². The lowest BCUT2D eigenvalue weighted by molar-refractivity contribution is -0.118. The summed E-state index contributed by atoms with van der Waals surface area (Å²) in [7, 11) is 0. The Labute approximate surface area is 143 Å². The predicted octanol–water partition coefficient (Wildman–Crippen LogP) is 3.94. The van der Waals surface area contributed by atoms with Crippen LogP contribution < -0.4 is 5.32 Å². The summed E-state index contributed by atoms with van der Waals surface area (Å²) in [6, 6.07) is 17.0. The molecular formula is C20H24N2O2. The van der Waals surface area contributed by atoms with Gasteiger partial charge in [-0.3, -0.25) is 9.59 Å². The standard InChI is InChI=1S/C20H24N2O2/c1-4-22(14-16-9-6-5-7-10-16)20(24)17-11-8-12-18(13-17)21-19(23)15(2)3/h5-13,15H,4,14H2,1-3H3,(H,21,23). The van der Waals surface area contributed by atoms with Crippen molar-refractivity contribution >= 4 is 17.5 Å². The summed E-state index contributed by atoms with van der Waals surface area (Å²) < 4.78 is 0. The Morgan fingerprint density at radius 2 is 1.75 bits per heavy atom. The fourth-order valence-electron chi connectivity index (χ4n) is 2.33. The third-order valence-corrected chi connectivity index (χ3v) is 3.79. The fourth-order valence-corrected chi connectivity index (χ4v) is 2.33. The second kappa shape index (κ2) is 8.29. The summed E-state index contributed by atoms with van der Waals surface area (Å²) in [5, 5.41) is 2.83. The van der Waals surface area contributed by atoms with Gasteiger partial charge >= 0.3 is 0 Å². The molecule has 0 aliphatic rings. The van der Waals surface area contributed by atoms with Gasteiger partial charge in [-0.05, 0) is 30.7 Å². The Kier molecular flexibility index (Phi) is 6.13. The van der Waals surface area contributed by atoms with Crippen molar-refractivity contribution in [2.75, 3.05) is 11.9 Å². The molecule has 2 aromatic carbocycles. The van der Waals surface area contributed by atoms with E-state index in [0.29, 0.717) is 24.3 Å². The first-order valence-electron chi connectivity index (χ1n) is 8.25. The Hall–Kier alpha value is -2.62. The first-order chi connectivity index (χ1) is 11.5. The molecule has 0 aliphatic heterocycles. The molecule has 0 saturated carbocycles. The van der Waals surface area contributed by atoms with Gasteiger partial charge in [0.15, 0.2) is 0 Å². The smallest absolute Gasteiger partial charge is 0.254 e. The Bertz CT molecular complexity index is 696. The van der Waals surface area contributed by atoms with E-state index in [1.54, 1.807) is 29.2 Å². The predicted molar refractivity (Wildman–Crippen MR) is 96.8 cm³/mol. The largest absolute Gasteiger partial charge is 0.335 e. The van der Waals surface area contributed by atoms with E-state index in [1.807, 2.05) is 51.1 Å². The number of anilines is 1. The number of carbonyl (C=O) groups is 2. The van der Waals surface area contributed by atoms with Gasteiger partial charge in [-0.15, -0.1) is 0 Å². The van der Waals surface area contributed by atoms with Crippen molar-refractivity contribution in [2.45, 2.75) is 27.3 Å². The van der Waals surface area contributed by atoms with Crippen LogP contribution in [0.15, 0.2) is 54.6 Å². The molecule has 0 fully saturated rings. The van der Waals surface area contributed by atoms with E-state index in [0.717, 1.165) is 5.56 Å². The molecule has 0 bridgehead atoms. The van der Waals surface area contributed by atoms with Crippen LogP contribution in [-0.2, 0) is 11.3 Å². The summed E-state index contributed by atoms with van der Waals surface area (Å²) in [4.78, 5) is 26.4. The normalized spacial score (nSPS) is 10.5. The third-order valence-electron chi connectivity index (χ3n) is 3.79. The summed E-state index contributed by atoms with van der Waals surface area (Å²) in [5.74, 6) is -0.201. The van der Waals surface area contributed by atoms with Gasteiger partial charge in [0, 0.05) is 30.3 Å². The number of hydrogen-bond donors (Lipinski definition) is 1. The minimum atomic E-state index is -0.102. The molecule has 2 amide bonds. The number of nitrogens with one attached hydrogen (secondary N) is 1. The molecule has 0 saturated heterocycles. The highest BCUT2D eigenvalue weighted by molar-refractivity contribution is 5.97. The van der Waals surface area contributed by atoms with E-state index in [1.165, 1.54) is 0 Å². The van der Waals surface area contributed by atoms with Crippen molar-refractivity contribution in [3.05, 3.63) is 65.7 Å². The Morgan fingerprint density at radius 1 is 1.04 bits per heavy atom. The maximum atomic E-state index is 12.8. The number of nitrogens with zero attached hydrogens (tertiary/aromatic N) is 1. The van der Waals surface area contributed by atoms with Gasteiger partial charge in [0.2, 0.25) is 5.91 Å². The molecule has 0 radical (unpaired) electrons. The molecule has 2 aromatic rings. The van der Waals surface area contributed by atoms with E-state index in [2.05, 4.69) is 5.32 Å². The topological polar surface area (TPSA) is 49.4 Å². The maximum absolute atomic E-state index is 12.8. The van der Waals surface area contributed by atoms with E-state index in [-0.39, 0.29) is 17.7 Å². The highest BCUT2D eigenvalue weighted by Gasteiger charge is 2.15. The summed E-state index contributed by atoms with van der Waals surface area (Å²) in [6.45, 7) is 6.83. The number of rotatable bonds is 6. The second-order valence-electron chi connectivity index (χ2n) is 6.03. The molecule has 0 atom stereocenters. The minimum Gasteiger partial charge on any atom is -0.335 e. The van der Waals surface area contributed by atoms with Gasteiger partial charge in [0.25, 0.3) is 5.91 Å². The van der Waals surface area contributed by atoms with Crippen LogP contribution in [0.3, 0.4) is 0 Å². The van der Waals surface area contributed by atoms with Gasteiger partial charge in [-0.1, -0.05) is 50.2 Å². The molecule has 0 unspecified atom stereocenters. The lowest BCUT2D eigenvalue weighted by Gasteiger charge is -2.21. The Morgan fingerprint density at radius 3 is 2.38 bits per heavy atom. The Balaban J connectivity index is 2.14. The highest BCUT2D eigenvalue weighted by atomic mass is 16.2. The van der Waals surface area contributed by atoms with Crippen LogP contribution in [0.4, 0.5) is 5.69 Å². The van der Waals surface area contributed by atoms with Crippen molar-refractivity contribution in [3.8, 4) is 0 Å². The molecule has 0 aromatic heterocycles. The molecule has 0 heterocycles. The van der Waals surface area contributed by atoms with Crippen LogP contribution in [0.2, 0.25) is 0 Å². The van der Waals surface area contributed by atoms with Crippen molar-refractivity contribution in [2.24, 2.45) is 5.92 Å². The highest BCUT2D eigenvalue weighted by Crippen LogP contribution is 2.15. The minimum absolute atomic E-state index is 0.0398. The first-order valence-corrected chi connectivity index (χ1v) is 8.25. The summed E-state index contributed by atoms with van der Waals surface area (Å²) in [6.07, 6.45) is 0. The van der Waals surface area contributed by atoms with Gasteiger partial charge in [-0.2, -0.15) is 0 Å². The van der Waals surface area contributed by atoms with Crippen LogP contribution in [0, 0.1) is 5.92 Å². The molecule has 126 valence electrons. The SMILES string of the molecule is CCN(Cc1ccccc1)C(=O)c1cccc(NC(=O)C(C)C)c1. The molecule has 1 N–H and O–H groups in total. The maximum Gasteiger partial charge on any atom is 0.254 e. The van der Waals surface area contributed by atoms with Crippen molar-refractivity contribution in [1.82, 2.24) is 4.90 Å². The molecule has 0 aliphatic carbocycles. The number of carbonyl (C=O) groups excluding carboxylic acids is 2. The fraction of sp³-hybridized carbons (Fsp3) is 0.300. The molecular weight excluding hydrogens is 300 g/mol. The van der Waals surface area contributed by atoms with Crippen molar-refractivity contribution < 1.29 is 9.59 Å². The van der Waals surface area contributed by atoms with Crippen LogP contribution in [-0.4, -0.2) is 23.3 Å². The molecule has 4 heteroatoms. The molecule has 24 heavy (non-hydrogen) atoms. The summed E-state index contributed by atoms with van der Waals surface area (Å²) >= 11 is 0. The lowest BCUT2D eigenvalue weighted by Crippen LogP contribution is -2.30. The van der Waals surface area contributed by atoms with Crippen molar-refractivity contribution in [3.63, 3.8) is 0 Å². The molecule has 2 rings (SSSR count).